The van der Waals surface area contributed by atoms with E-state index in [9.17, 15) is 0 Å². The Labute approximate surface area is 194 Å². The maximum Gasteiger partial charge on any atom is 0.0740 e. The van der Waals surface area contributed by atoms with Crippen molar-refractivity contribution in [3.05, 3.63) is 53.3 Å². The van der Waals surface area contributed by atoms with Crippen LogP contribution in [0, 0.1) is 0 Å². The predicted octanol–water partition coefficient (Wildman–Crippen LogP) is 4.95. The van der Waals surface area contributed by atoms with E-state index in [1.54, 1.807) is 0 Å². The number of nitrogens with zero attached hydrogens (tertiary/aromatic N) is 2. The summed E-state index contributed by atoms with van der Waals surface area (Å²) in [5, 5.41) is 7.96. The van der Waals surface area contributed by atoms with E-state index in [0.717, 1.165) is 26.1 Å². The molecule has 0 saturated carbocycles. The van der Waals surface area contributed by atoms with Crippen LogP contribution in [-0.2, 0) is 20.8 Å². The topological polar surface area (TPSA) is 57.5 Å². The summed E-state index contributed by atoms with van der Waals surface area (Å²) in [7, 11) is 0. The summed E-state index contributed by atoms with van der Waals surface area (Å²) in [6.45, 7) is 14.5. The third-order valence-corrected chi connectivity index (χ3v) is 5.54. The zero-order valence-electron chi connectivity index (χ0n) is 20.5. The lowest BCUT2D eigenvalue weighted by Gasteiger charge is -2.14. The maximum absolute atomic E-state index is 5.61. The molecule has 0 aliphatic rings. The zero-order valence-corrected chi connectivity index (χ0v) is 20.5. The molecule has 0 radical (unpaired) electrons. The highest BCUT2D eigenvalue weighted by Gasteiger charge is 2.10. The molecule has 0 bridgehead atoms. The van der Waals surface area contributed by atoms with Crippen molar-refractivity contribution in [3.8, 4) is 0 Å². The molecule has 6 nitrogen and oxygen atoms in total. The van der Waals surface area contributed by atoms with E-state index in [1.165, 1.54) is 29.5 Å². The minimum Gasteiger partial charge on any atom is -0.379 e. The first-order valence-electron chi connectivity index (χ1n) is 12.2. The van der Waals surface area contributed by atoms with E-state index in [1.807, 2.05) is 10.9 Å². The Morgan fingerprint density at radius 1 is 0.844 bits per heavy atom. The molecule has 6 heteroatoms. The smallest absolute Gasteiger partial charge is 0.0740 e. The third kappa shape index (κ3) is 10.3. The average molecular weight is 446 g/mol. The third-order valence-electron chi connectivity index (χ3n) is 5.54. The molecule has 0 spiro atoms. The van der Waals surface area contributed by atoms with Gasteiger partial charge in [0.05, 0.1) is 45.3 Å². The quantitative estimate of drug-likeness (QED) is 0.329. The number of benzene rings is 1. The lowest BCUT2D eigenvalue weighted by molar-refractivity contribution is 0.0145. The Hall–Kier alpha value is -1.73. The van der Waals surface area contributed by atoms with Crippen LogP contribution in [0.1, 0.15) is 75.6 Å². The summed E-state index contributed by atoms with van der Waals surface area (Å²) < 4.78 is 18.7. The molecule has 1 N–H and O–H groups in total. The Morgan fingerprint density at radius 3 is 2.12 bits per heavy atom. The Balaban J connectivity index is 1.50. The highest BCUT2D eigenvalue weighted by atomic mass is 16.5. The van der Waals surface area contributed by atoms with Crippen molar-refractivity contribution in [3.63, 3.8) is 0 Å². The average Bonchev–Trinajstić information content (AvgIpc) is 3.30. The van der Waals surface area contributed by atoms with Gasteiger partial charge in [0.15, 0.2) is 0 Å². The van der Waals surface area contributed by atoms with E-state index in [-0.39, 0.29) is 6.04 Å². The van der Waals surface area contributed by atoms with Crippen molar-refractivity contribution in [2.75, 3.05) is 46.2 Å². The normalized spacial score (nSPS) is 12.5. The minimum absolute atomic E-state index is 0.229. The second-order valence-electron chi connectivity index (χ2n) is 8.55. The summed E-state index contributed by atoms with van der Waals surface area (Å²) in [4.78, 5) is 0. The van der Waals surface area contributed by atoms with Gasteiger partial charge in [-0.15, -0.1) is 0 Å². The minimum atomic E-state index is 0.229. The van der Waals surface area contributed by atoms with E-state index in [4.69, 9.17) is 14.2 Å². The van der Waals surface area contributed by atoms with Crippen LogP contribution in [-0.4, -0.2) is 56.0 Å². The number of ether oxygens (including phenoxy) is 3. The van der Waals surface area contributed by atoms with Crippen molar-refractivity contribution in [2.24, 2.45) is 0 Å². The summed E-state index contributed by atoms with van der Waals surface area (Å²) in [5.41, 5.74) is 3.81. The number of rotatable bonds is 18. The summed E-state index contributed by atoms with van der Waals surface area (Å²) in [6.07, 6.45) is 7.72. The van der Waals surface area contributed by atoms with Gasteiger partial charge in [-0.1, -0.05) is 57.9 Å². The molecule has 0 fully saturated rings. The van der Waals surface area contributed by atoms with Crippen molar-refractivity contribution in [2.45, 2.75) is 65.5 Å². The first-order chi connectivity index (χ1) is 15.6. The van der Waals surface area contributed by atoms with Gasteiger partial charge in [0.25, 0.3) is 0 Å². The standard InChI is InChI=1S/C26H43N3O3/c1-5-6-7-13-30-15-17-32-18-16-31-14-12-27-19-24-8-10-25(11-9-24)23(4)29-21-26(20-28-29)22(2)3/h8-11,20-23,27H,5-7,12-19H2,1-4H3. The summed E-state index contributed by atoms with van der Waals surface area (Å²) in [5.74, 6) is 0.501. The SMILES string of the molecule is CCCCCOCCOCCOCCNCc1ccc(C(C)n2cc(C(C)C)cn2)cc1. The van der Waals surface area contributed by atoms with Crippen molar-refractivity contribution in [1.29, 1.82) is 0 Å². The number of aromatic nitrogens is 2. The van der Waals surface area contributed by atoms with Gasteiger partial charge in [-0.3, -0.25) is 4.68 Å². The molecule has 32 heavy (non-hydrogen) atoms. The van der Waals surface area contributed by atoms with Crippen LogP contribution in [0.15, 0.2) is 36.7 Å². The van der Waals surface area contributed by atoms with E-state index < -0.39 is 0 Å². The molecule has 1 unspecified atom stereocenters. The summed E-state index contributed by atoms with van der Waals surface area (Å²) in [6, 6.07) is 8.99. The fourth-order valence-electron chi connectivity index (χ4n) is 3.30. The van der Waals surface area contributed by atoms with Crippen LogP contribution in [0.3, 0.4) is 0 Å². The fourth-order valence-corrected chi connectivity index (χ4v) is 3.30. The number of unbranched alkanes of at least 4 members (excludes halogenated alkanes) is 2. The van der Waals surface area contributed by atoms with Crippen LogP contribution in [0.5, 0.6) is 0 Å². The van der Waals surface area contributed by atoms with E-state index in [2.05, 4.69) is 68.6 Å². The van der Waals surface area contributed by atoms with Crippen molar-refractivity contribution < 1.29 is 14.2 Å². The highest BCUT2D eigenvalue weighted by Crippen LogP contribution is 2.20. The van der Waals surface area contributed by atoms with Gasteiger partial charge < -0.3 is 19.5 Å². The molecular weight excluding hydrogens is 402 g/mol. The molecule has 1 atom stereocenters. The number of nitrogens with one attached hydrogen (secondary N) is 1. The van der Waals surface area contributed by atoms with Gasteiger partial charge in [-0.2, -0.15) is 5.10 Å². The molecular formula is C26H43N3O3. The second kappa shape index (κ2) is 16.0. The van der Waals surface area contributed by atoms with Gasteiger partial charge in [0, 0.05) is 25.9 Å². The van der Waals surface area contributed by atoms with Gasteiger partial charge >= 0.3 is 0 Å². The van der Waals surface area contributed by atoms with Crippen LogP contribution in [0.2, 0.25) is 0 Å². The molecule has 1 heterocycles. The van der Waals surface area contributed by atoms with Gasteiger partial charge in [-0.25, -0.2) is 0 Å². The maximum atomic E-state index is 5.61. The van der Waals surface area contributed by atoms with Gasteiger partial charge in [-0.05, 0) is 36.0 Å². The van der Waals surface area contributed by atoms with Gasteiger partial charge in [0.2, 0.25) is 0 Å². The zero-order chi connectivity index (χ0) is 23.0. The van der Waals surface area contributed by atoms with Crippen LogP contribution in [0.25, 0.3) is 0 Å². The molecule has 0 aliphatic carbocycles. The fraction of sp³-hybridized carbons (Fsp3) is 0.654. The van der Waals surface area contributed by atoms with Gasteiger partial charge in [0.1, 0.15) is 0 Å². The highest BCUT2D eigenvalue weighted by molar-refractivity contribution is 5.25. The molecule has 2 aromatic rings. The van der Waals surface area contributed by atoms with E-state index in [0.29, 0.717) is 39.0 Å². The lowest BCUT2D eigenvalue weighted by Crippen LogP contribution is -2.20. The Bertz CT molecular complexity index is 715. The molecule has 0 amide bonds. The molecule has 2 rings (SSSR count). The molecule has 1 aromatic heterocycles. The Morgan fingerprint density at radius 2 is 1.50 bits per heavy atom. The van der Waals surface area contributed by atoms with Crippen molar-refractivity contribution in [1.82, 2.24) is 15.1 Å². The molecule has 180 valence electrons. The van der Waals surface area contributed by atoms with Crippen LogP contribution >= 0.6 is 0 Å². The first-order valence-corrected chi connectivity index (χ1v) is 12.2. The summed E-state index contributed by atoms with van der Waals surface area (Å²) >= 11 is 0. The molecule has 1 aromatic carbocycles. The molecule has 0 aliphatic heterocycles. The van der Waals surface area contributed by atoms with E-state index >= 15 is 0 Å². The largest absolute Gasteiger partial charge is 0.379 e. The monoisotopic (exact) mass is 445 g/mol. The predicted molar refractivity (Wildman–Crippen MR) is 130 cm³/mol. The number of hydrogen-bond donors (Lipinski definition) is 1. The first kappa shape index (κ1) is 26.5. The van der Waals surface area contributed by atoms with Crippen LogP contribution in [0.4, 0.5) is 0 Å². The number of hydrogen-bond acceptors (Lipinski definition) is 5. The lowest BCUT2D eigenvalue weighted by atomic mass is 10.1. The Kier molecular flexibility index (Phi) is 13.2. The van der Waals surface area contributed by atoms with Crippen molar-refractivity contribution >= 4 is 0 Å². The second-order valence-corrected chi connectivity index (χ2v) is 8.55. The van der Waals surface area contributed by atoms with Crippen LogP contribution < -0.4 is 5.32 Å². The molecule has 0 saturated heterocycles.